The summed E-state index contributed by atoms with van der Waals surface area (Å²) in [6.45, 7) is 0. The van der Waals surface area contributed by atoms with Crippen LogP contribution in [0.4, 0.5) is 0 Å². The molecule has 0 aliphatic rings. The molecule has 4 nitrogen and oxygen atoms in total. The molecule has 0 saturated heterocycles. The standard InChI is InChI=1S/C9H9NO3S/c1-13-9(12)6-14-8-3-2-7(5-11)4-10-8/h2-5H,6H2,1H3. The van der Waals surface area contributed by atoms with E-state index in [2.05, 4.69) is 9.72 Å². The van der Waals surface area contributed by atoms with Gasteiger partial charge in [-0.2, -0.15) is 0 Å². The predicted molar refractivity (Wildman–Crippen MR) is 52.4 cm³/mol. The molecule has 1 rings (SSSR count). The highest BCUT2D eigenvalue weighted by molar-refractivity contribution is 7.99. The number of ether oxygens (including phenoxy) is 1. The van der Waals surface area contributed by atoms with Crippen LogP contribution in [0.25, 0.3) is 0 Å². The van der Waals surface area contributed by atoms with Crippen LogP contribution in [0.15, 0.2) is 23.4 Å². The first-order valence-electron chi connectivity index (χ1n) is 3.87. The molecule has 0 fully saturated rings. The van der Waals surface area contributed by atoms with E-state index in [4.69, 9.17) is 0 Å². The lowest BCUT2D eigenvalue weighted by Crippen LogP contribution is -2.03. The number of hydrogen-bond donors (Lipinski definition) is 0. The summed E-state index contributed by atoms with van der Waals surface area (Å²) < 4.78 is 4.47. The minimum absolute atomic E-state index is 0.226. The first-order valence-corrected chi connectivity index (χ1v) is 4.85. The average molecular weight is 211 g/mol. The van der Waals surface area contributed by atoms with Crippen LogP contribution in [0.3, 0.4) is 0 Å². The van der Waals surface area contributed by atoms with Crippen molar-refractivity contribution in [1.29, 1.82) is 0 Å². The summed E-state index contributed by atoms with van der Waals surface area (Å²) in [6, 6.07) is 3.34. The van der Waals surface area contributed by atoms with Crippen molar-refractivity contribution in [2.75, 3.05) is 12.9 Å². The molecule has 1 aromatic rings. The topological polar surface area (TPSA) is 56.3 Å². The molecule has 0 atom stereocenters. The van der Waals surface area contributed by atoms with Crippen molar-refractivity contribution in [2.24, 2.45) is 0 Å². The van der Waals surface area contributed by atoms with Crippen LogP contribution in [-0.4, -0.2) is 30.1 Å². The van der Waals surface area contributed by atoms with E-state index in [9.17, 15) is 9.59 Å². The molecule has 0 aliphatic carbocycles. The zero-order chi connectivity index (χ0) is 10.4. The number of carbonyl (C=O) groups is 2. The first-order chi connectivity index (χ1) is 6.76. The van der Waals surface area contributed by atoms with Crippen LogP contribution in [0.1, 0.15) is 10.4 Å². The van der Waals surface area contributed by atoms with Gasteiger partial charge in [0, 0.05) is 11.8 Å². The Morgan fingerprint density at radius 1 is 1.64 bits per heavy atom. The molecule has 74 valence electrons. The molecule has 0 N–H and O–H groups in total. The SMILES string of the molecule is COC(=O)CSc1ccc(C=O)cn1. The van der Waals surface area contributed by atoms with Crippen molar-refractivity contribution in [3.63, 3.8) is 0 Å². The molecule has 0 radical (unpaired) electrons. The van der Waals surface area contributed by atoms with E-state index in [0.29, 0.717) is 10.6 Å². The van der Waals surface area contributed by atoms with E-state index in [0.717, 1.165) is 6.29 Å². The molecule has 0 saturated carbocycles. The monoisotopic (exact) mass is 211 g/mol. The Kier molecular flexibility index (Phi) is 4.12. The molecule has 0 spiro atoms. The van der Waals surface area contributed by atoms with Gasteiger partial charge in [0.15, 0.2) is 6.29 Å². The molecule has 1 heterocycles. The lowest BCUT2D eigenvalue weighted by Gasteiger charge is -1.99. The van der Waals surface area contributed by atoms with Gasteiger partial charge in [0.05, 0.1) is 17.9 Å². The Morgan fingerprint density at radius 3 is 2.93 bits per heavy atom. The molecule has 0 unspecified atom stereocenters. The normalized spacial score (nSPS) is 9.50. The van der Waals surface area contributed by atoms with Gasteiger partial charge < -0.3 is 4.74 Å². The van der Waals surface area contributed by atoms with Gasteiger partial charge in [0.25, 0.3) is 0 Å². The minimum Gasteiger partial charge on any atom is -0.468 e. The predicted octanol–water partition coefficient (Wildman–Crippen LogP) is 1.16. The maximum absolute atomic E-state index is 10.8. The van der Waals surface area contributed by atoms with Crippen molar-refractivity contribution in [3.8, 4) is 0 Å². The molecule has 1 aromatic heterocycles. The van der Waals surface area contributed by atoms with Crippen LogP contribution in [0.5, 0.6) is 0 Å². The van der Waals surface area contributed by atoms with Crippen LogP contribution in [-0.2, 0) is 9.53 Å². The summed E-state index contributed by atoms with van der Waals surface area (Å²) >= 11 is 1.27. The number of esters is 1. The third kappa shape index (κ3) is 3.18. The second-order valence-corrected chi connectivity index (χ2v) is 3.41. The lowest BCUT2D eigenvalue weighted by molar-refractivity contribution is -0.137. The van der Waals surface area contributed by atoms with Gasteiger partial charge in [-0.1, -0.05) is 11.8 Å². The van der Waals surface area contributed by atoms with Gasteiger partial charge in [-0.3, -0.25) is 9.59 Å². The van der Waals surface area contributed by atoms with Crippen LogP contribution >= 0.6 is 11.8 Å². The Balaban J connectivity index is 2.51. The lowest BCUT2D eigenvalue weighted by atomic mass is 10.3. The van der Waals surface area contributed by atoms with Crippen LogP contribution < -0.4 is 0 Å². The largest absolute Gasteiger partial charge is 0.468 e. The van der Waals surface area contributed by atoms with E-state index < -0.39 is 0 Å². The number of hydrogen-bond acceptors (Lipinski definition) is 5. The summed E-state index contributed by atoms with van der Waals surface area (Å²) in [6.07, 6.45) is 2.19. The second-order valence-electron chi connectivity index (χ2n) is 2.41. The number of methoxy groups -OCH3 is 1. The Bertz CT molecular complexity index is 323. The fourth-order valence-electron chi connectivity index (χ4n) is 0.739. The zero-order valence-corrected chi connectivity index (χ0v) is 8.41. The average Bonchev–Trinajstić information content (AvgIpc) is 2.26. The van der Waals surface area contributed by atoms with E-state index in [1.807, 2.05) is 0 Å². The highest BCUT2D eigenvalue weighted by Crippen LogP contribution is 2.14. The Labute approximate surface area is 85.7 Å². The number of nitrogens with zero attached hydrogens (tertiary/aromatic N) is 1. The summed E-state index contributed by atoms with van der Waals surface area (Å²) in [7, 11) is 1.34. The molecule has 0 amide bonds. The van der Waals surface area contributed by atoms with Crippen molar-refractivity contribution < 1.29 is 14.3 Å². The highest BCUT2D eigenvalue weighted by atomic mass is 32.2. The van der Waals surface area contributed by atoms with Gasteiger partial charge >= 0.3 is 5.97 Å². The molecule has 0 bridgehead atoms. The fraction of sp³-hybridized carbons (Fsp3) is 0.222. The third-order valence-corrected chi connectivity index (χ3v) is 2.38. The quantitative estimate of drug-likeness (QED) is 0.425. The number of pyridine rings is 1. The number of rotatable bonds is 4. The van der Waals surface area contributed by atoms with Crippen LogP contribution in [0.2, 0.25) is 0 Å². The van der Waals surface area contributed by atoms with Gasteiger partial charge in [-0.15, -0.1) is 0 Å². The minimum atomic E-state index is -0.295. The smallest absolute Gasteiger partial charge is 0.316 e. The third-order valence-electron chi connectivity index (χ3n) is 1.46. The van der Waals surface area contributed by atoms with Crippen molar-refractivity contribution in [3.05, 3.63) is 23.9 Å². The molecule has 5 heteroatoms. The summed E-state index contributed by atoms with van der Waals surface area (Å²) in [5.74, 6) is -0.0690. The van der Waals surface area contributed by atoms with Crippen molar-refractivity contribution in [1.82, 2.24) is 4.98 Å². The van der Waals surface area contributed by atoms with Crippen molar-refractivity contribution >= 4 is 24.0 Å². The fourth-order valence-corrected chi connectivity index (χ4v) is 1.41. The van der Waals surface area contributed by atoms with E-state index in [1.165, 1.54) is 25.1 Å². The zero-order valence-electron chi connectivity index (χ0n) is 7.60. The number of thioether (sulfide) groups is 1. The Hall–Kier alpha value is -1.36. The van der Waals surface area contributed by atoms with Crippen LogP contribution in [0, 0.1) is 0 Å². The van der Waals surface area contributed by atoms with Crippen molar-refractivity contribution in [2.45, 2.75) is 5.03 Å². The van der Waals surface area contributed by atoms with Gasteiger partial charge in [-0.25, -0.2) is 4.98 Å². The van der Waals surface area contributed by atoms with Gasteiger partial charge in [0.1, 0.15) is 0 Å². The molecule has 14 heavy (non-hydrogen) atoms. The summed E-state index contributed by atoms with van der Waals surface area (Å²) in [4.78, 5) is 25.1. The number of aldehydes is 1. The van der Waals surface area contributed by atoms with Gasteiger partial charge in [-0.05, 0) is 12.1 Å². The van der Waals surface area contributed by atoms with Gasteiger partial charge in [0.2, 0.25) is 0 Å². The number of carbonyl (C=O) groups excluding carboxylic acids is 2. The van der Waals surface area contributed by atoms with E-state index in [1.54, 1.807) is 12.1 Å². The highest BCUT2D eigenvalue weighted by Gasteiger charge is 2.02. The summed E-state index contributed by atoms with van der Waals surface area (Å²) in [5.41, 5.74) is 0.521. The molecular weight excluding hydrogens is 202 g/mol. The maximum atomic E-state index is 10.8. The Morgan fingerprint density at radius 2 is 2.43 bits per heavy atom. The van der Waals surface area contributed by atoms with E-state index in [-0.39, 0.29) is 11.7 Å². The number of aromatic nitrogens is 1. The summed E-state index contributed by atoms with van der Waals surface area (Å²) in [5, 5.41) is 0.695. The first kappa shape index (κ1) is 10.7. The molecule has 0 aromatic carbocycles. The second kappa shape index (κ2) is 5.39. The molecular formula is C9H9NO3S. The maximum Gasteiger partial charge on any atom is 0.316 e. The molecule has 0 aliphatic heterocycles. The van der Waals surface area contributed by atoms with E-state index >= 15 is 0 Å².